The van der Waals surface area contributed by atoms with Gasteiger partial charge in [0.1, 0.15) is 12.4 Å². The number of carbonyl (C=O) groups excluding carboxylic acids is 2. The highest BCUT2D eigenvalue weighted by Crippen LogP contribution is 2.33. The number of nitrogens with one attached hydrogen (secondary N) is 1. The Bertz CT molecular complexity index is 827. The van der Waals surface area contributed by atoms with Crippen LogP contribution < -0.4 is 15.0 Å². The average molecular weight is 380 g/mol. The fourth-order valence-electron chi connectivity index (χ4n) is 3.46. The minimum Gasteiger partial charge on any atom is -0.490 e. The molecular weight excluding hydrogens is 352 g/mol. The quantitative estimate of drug-likeness (QED) is 0.850. The third kappa shape index (κ3) is 4.71. The number of rotatable bonds is 5. The van der Waals surface area contributed by atoms with Crippen LogP contribution in [0.15, 0.2) is 54.6 Å². The monoisotopic (exact) mass is 380 g/mol. The van der Waals surface area contributed by atoms with Crippen molar-refractivity contribution < 1.29 is 14.3 Å². The molecule has 2 aromatic rings. The summed E-state index contributed by atoms with van der Waals surface area (Å²) < 4.78 is 5.60. The van der Waals surface area contributed by atoms with Crippen LogP contribution in [0.3, 0.4) is 0 Å². The van der Waals surface area contributed by atoms with Crippen LogP contribution in [0.2, 0.25) is 0 Å². The lowest BCUT2D eigenvalue weighted by atomic mass is 9.82. The number of hydrogen-bond donors (Lipinski definition) is 1. The van der Waals surface area contributed by atoms with Crippen molar-refractivity contribution in [2.24, 2.45) is 5.41 Å². The molecule has 0 saturated carbocycles. The summed E-state index contributed by atoms with van der Waals surface area (Å²) in [7, 11) is 0. The second-order valence-electron chi connectivity index (χ2n) is 8.14. The fourth-order valence-corrected chi connectivity index (χ4v) is 3.46. The van der Waals surface area contributed by atoms with Gasteiger partial charge in [-0.05, 0) is 23.1 Å². The van der Waals surface area contributed by atoms with Crippen LogP contribution in [0.4, 0.5) is 5.69 Å². The molecule has 0 saturated heterocycles. The molecule has 0 aromatic heterocycles. The molecular formula is C23H28N2O3. The van der Waals surface area contributed by atoms with Gasteiger partial charge in [0.05, 0.1) is 18.3 Å². The largest absolute Gasteiger partial charge is 0.490 e. The standard InChI is InChI=1S/C23H28N2O3/c1-23(2,3)22(17-9-5-4-6-10-17)24-20(26)13-14-21(27)25-15-16-28-19-12-8-7-11-18(19)25/h4-12,22H,13-16H2,1-3H3,(H,24,26). The molecule has 2 amide bonds. The lowest BCUT2D eigenvalue weighted by molar-refractivity contribution is -0.126. The minimum absolute atomic E-state index is 0.0575. The molecule has 1 aliphatic heterocycles. The Morgan fingerprint density at radius 1 is 1.04 bits per heavy atom. The van der Waals surface area contributed by atoms with Gasteiger partial charge in [0.25, 0.3) is 0 Å². The van der Waals surface area contributed by atoms with E-state index in [2.05, 4.69) is 26.1 Å². The van der Waals surface area contributed by atoms with Crippen molar-refractivity contribution in [1.29, 1.82) is 0 Å². The first-order valence-corrected chi connectivity index (χ1v) is 9.73. The number of benzene rings is 2. The average Bonchev–Trinajstić information content (AvgIpc) is 2.69. The van der Waals surface area contributed by atoms with E-state index in [-0.39, 0.29) is 36.1 Å². The van der Waals surface area contributed by atoms with Crippen LogP contribution in [0.1, 0.15) is 45.2 Å². The molecule has 5 nitrogen and oxygen atoms in total. The lowest BCUT2D eigenvalue weighted by Gasteiger charge is -2.32. The lowest BCUT2D eigenvalue weighted by Crippen LogP contribution is -2.39. The maximum absolute atomic E-state index is 12.7. The molecule has 0 aliphatic carbocycles. The van der Waals surface area contributed by atoms with Crippen molar-refractivity contribution in [1.82, 2.24) is 5.32 Å². The first-order chi connectivity index (χ1) is 13.4. The molecule has 5 heteroatoms. The first-order valence-electron chi connectivity index (χ1n) is 9.73. The molecule has 2 aromatic carbocycles. The van der Waals surface area contributed by atoms with E-state index in [9.17, 15) is 9.59 Å². The molecule has 1 heterocycles. The van der Waals surface area contributed by atoms with Gasteiger partial charge in [0.15, 0.2) is 0 Å². The van der Waals surface area contributed by atoms with Gasteiger partial charge in [-0.15, -0.1) is 0 Å². The van der Waals surface area contributed by atoms with Gasteiger partial charge in [-0.1, -0.05) is 63.2 Å². The first kappa shape index (κ1) is 19.9. The van der Waals surface area contributed by atoms with Crippen LogP contribution in [0, 0.1) is 5.41 Å². The SMILES string of the molecule is CC(C)(C)C(NC(=O)CCC(=O)N1CCOc2ccccc21)c1ccccc1. The molecule has 1 aliphatic rings. The van der Waals surface area contributed by atoms with Gasteiger partial charge < -0.3 is 15.0 Å². The Kier molecular flexibility index (Phi) is 6.02. The topological polar surface area (TPSA) is 58.6 Å². The van der Waals surface area contributed by atoms with Crippen LogP contribution >= 0.6 is 0 Å². The van der Waals surface area contributed by atoms with Gasteiger partial charge in [-0.25, -0.2) is 0 Å². The molecule has 0 radical (unpaired) electrons. The number of amides is 2. The van der Waals surface area contributed by atoms with Crippen LogP contribution in [0.25, 0.3) is 0 Å². The molecule has 28 heavy (non-hydrogen) atoms. The molecule has 1 atom stereocenters. The third-order valence-electron chi connectivity index (χ3n) is 4.90. The number of ether oxygens (including phenoxy) is 1. The van der Waals surface area contributed by atoms with E-state index in [1.165, 1.54) is 0 Å². The summed E-state index contributed by atoms with van der Waals surface area (Å²) in [5, 5.41) is 3.12. The predicted molar refractivity (Wildman–Crippen MR) is 110 cm³/mol. The van der Waals surface area contributed by atoms with Crippen molar-refractivity contribution in [3.63, 3.8) is 0 Å². The second-order valence-corrected chi connectivity index (χ2v) is 8.14. The fraction of sp³-hybridized carbons (Fsp3) is 0.391. The minimum atomic E-state index is -0.135. The molecule has 0 bridgehead atoms. The van der Waals surface area contributed by atoms with Crippen LogP contribution in [-0.2, 0) is 9.59 Å². The molecule has 3 rings (SSSR count). The van der Waals surface area contributed by atoms with E-state index in [1.807, 2.05) is 54.6 Å². The number of fused-ring (bicyclic) bond motifs is 1. The van der Waals surface area contributed by atoms with Gasteiger partial charge in [0.2, 0.25) is 11.8 Å². The van der Waals surface area contributed by atoms with Crippen molar-refractivity contribution in [3.8, 4) is 5.75 Å². The van der Waals surface area contributed by atoms with Crippen molar-refractivity contribution in [2.75, 3.05) is 18.1 Å². The summed E-state index contributed by atoms with van der Waals surface area (Å²) in [6, 6.07) is 17.3. The zero-order valence-electron chi connectivity index (χ0n) is 16.8. The zero-order valence-corrected chi connectivity index (χ0v) is 16.8. The highest BCUT2D eigenvalue weighted by atomic mass is 16.5. The van der Waals surface area contributed by atoms with Crippen LogP contribution in [-0.4, -0.2) is 25.0 Å². The second kappa shape index (κ2) is 8.46. The molecule has 1 N–H and O–H groups in total. The number of nitrogens with zero attached hydrogens (tertiary/aromatic N) is 1. The highest BCUT2D eigenvalue weighted by molar-refractivity contribution is 5.97. The number of para-hydroxylation sites is 2. The van der Waals surface area contributed by atoms with E-state index >= 15 is 0 Å². The van der Waals surface area contributed by atoms with Gasteiger partial charge in [-0.2, -0.15) is 0 Å². The smallest absolute Gasteiger partial charge is 0.227 e. The van der Waals surface area contributed by atoms with E-state index in [0.717, 1.165) is 11.3 Å². The summed E-state index contributed by atoms with van der Waals surface area (Å²) in [4.78, 5) is 27.0. The van der Waals surface area contributed by atoms with E-state index < -0.39 is 0 Å². The van der Waals surface area contributed by atoms with Crippen molar-refractivity contribution in [3.05, 3.63) is 60.2 Å². The Labute approximate surface area is 166 Å². The Balaban J connectivity index is 1.61. The van der Waals surface area contributed by atoms with E-state index in [1.54, 1.807) is 4.90 Å². The third-order valence-corrected chi connectivity index (χ3v) is 4.90. The Hall–Kier alpha value is -2.82. The summed E-state index contributed by atoms with van der Waals surface area (Å²) in [5.41, 5.74) is 1.71. The number of hydrogen-bond acceptors (Lipinski definition) is 3. The number of anilines is 1. The van der Waals surface area contributed by atoms with Crippen molar-refractivity contribution in [2.45, 2.75) is 39.7 Å². The Morgan fingerprint density at radius 3 is 2.43 bits per heavy atom. The zero-order chi connectivity index (χ0) is 20.1. The van der Waals surface area contributed by atoms with Gasteiger partial charge in [-0.3, -0.25) is 9.59 Å². The van der Waals surface area contributed by atoms with E-state index in [0.29, 0.717) is 18.9 Å². The van der Waals surface area contributed by atoms with Gasteiger partial charge >= 0.3 is 0 Å². The predicted octanol–water partition coefficient (Wildman–Crippen LogP) is 4.10. The molecule has 1 unspecified atom stereocenters. The summed E-state index contributed by atoms with van der Waals surface area (Å²) >= 11 is 0. The van der Waals surface area contributed by atoms with Crippen molar-refractivity contribution >= 4 is 17.5 Å². The molecule has 0 fully saturated rings. The van der Waals surface area contributed by atoms with Crippen LogP contribution in [0.5, 0.6) is 5.75 Å². The normalized spacial score (nSPS) is 14.6. The molecule has 148 valence electrons. The summed E-state index contributed by atoms with van der Waals surface area (Å²) in [6.45, 7) is 7.27. The highest BCUT2D eigenvalue weighted by Gasteiger charge is 2.28. The Morgan fingerprint density at radius 2 is 1.71 bits per heavy atom. The summed E-state index contributed by atoms with van der Waals surface area (Å²) in [6.07, 6.45) is 0.337. The maximum atomic E-state index is 12.7. The maximum Gasteiger partial charge on any atom is 0.227 e. The van der Waals surface area contributed by atoms with Gasteiger partial charge in [0, 0.05) is 12.8 Å². The summed E-state index contributed by atoms with van der Waals surface area (Å²) in [5.74, 6) is 0.542. The number of carbonyl (C=O) groups is 2. The molecule has 0 spiro atoms. The van der Waals surface area contributed by atoms with E-state index in [4.69, 9.17) is 4.74 Å².